The predicted octanol–water partition coefficient (Wildman–Crippen LogP) is 3.59. The molecule has 2 unspecified atom stereocenters. The lowest BCUT2D eigenvalue weighted by atomic mass is 9.69. The van der Waals surface area contributed by atoms with Crippen LogP contribution in [0.5, 0.6) is 0 Å². The van der Waals surface area contributed by atoms with Crippen molar-refractivity contribution in [2.75, 3.05) is 14.2 Å². The van der Waals surface area contributed by atoms with Crippen molar-refractivity contribution < 1.29 is 28.7 Å². The van der Waals surface area contributed by atoms with Crippen LogP contribution in [0.25, 0.3) is 0 Å². The lowest BCUT2D eigenvalue weighted by molar-refractivity contribution is -0.140. The first-order chi connectivity index (χ1) is 13.4. The molecular formula is C23H32O6. The number of allylic oxidation sites excluding steroid dienone is 2. The fourth-order valence-electron chi connectivity index (χ4n) is 4.55. The standard InChI is InChI=1S/C23H32O6/c1-22(2)10-14(18(24)16(12-22)20(26)28-5)8-7-9-15-11-23(3,4)13-17(19(15)25)21(27)29-6/h12-15H,7-11H2,1-6H3. The molecule has 2 atom stereocenters. The number of hydrogen-bond donors (Lipinski definition) is 0. The molecule has 0 aliphatic heterocycles. The van der Waals surface area contributed by atoms with Crippen LogP contribution in [0.15, 0.2) is 23.3 Å². The number of rotatable bonds is 6. The van der Waals surface area contributed by atoms with Gasteiger partial charge in [-0.05, 0) is 36.5 Å². The van der Waals surface area contributed by atoms with Crippen LogP contribution in [0.3, 0.4) is 0 Å². The highest BCUT2D eigenvalue weighted by Crippen LogP contribution is 2.40. The van der Waals surface area contributed by atoms with E-state index in [0.717, 1.165) is 0 Å². The van der Waals surface area contributed by atoms with E-state index in [0.29, 0.717) is 32.1 Å². The molecule has 0 radical (unpaired) electrons. The van der Waals surface area contributed by atoms with E-state index in [2.05, 4.69) is 0 Å². The summed E-state index contributed by atoms with van der Waals surface area (Å²) in [5, 5.41) is 0. The van der Waals surface area contributed by atoms with Crippen LogP contribution < -0.4 is 0 Å². The van der Waals surface area contributed by atoms with Crippen molar-refractivity contribution in [2.24, 2.45) is 22.7 Å². The Morgan fingerprint density at radius 2 is 1.17 bits per heavy atom. The van der Waals surface area contributed by atoms with Gasteiger partial charge in [0.25, 0.3) is 0 Å². The third-order valence-electron chi connectivity index (χ3n) is 5.80. The average molecular weight is 405 g/mol. The third-order valence-corrected chi connectivity index (χ3v) is 5.80. The summed E-state index contributed by atoms with van der Waals surface area (Å²) in [7, 11) is 2.55. The van der Waals surface area contributed by atoms with Gasteiger partial charge in [-0.3, -0.25) is 9.59 Å². The number of ketones is 2. The summed E-state index contributed by atoms with van der Waals surface area (Å²) in [6.45, 7) is 7.98. The Labute approximate surface area is 172 Å². The zero-order chi connectivity index (χ0) is 22.0. The molecule has 0 spiro atoms. The highest BCUT2D eigenvalue weighted by molar-refractivity contribution is 6.19. The third kappa shape index (κ3) is 5.43. The van der Waals surface area contributed by atoms with Crippen LogP contribution in [0.4, 0.5) is 0 Å². The van der Waals surface area contributed by atoms with Crippen LogP contribution in [-0.2, 0) is 28.7 Å². The summed E-state index contributed by atoms with van der Waals surface area (Å²) in [5.41, 5.74) is -0.295. The topological polar surface area (TPSA) is 86.7 Å². The Hall–Kier alpha value is -2.24. The van der Waals surface area contributed by atoms with E-state index in [9.17, 15) is 19.2 Å². The summed E-state index contributed by atoms with van der Waals surface area (Å²) >= 11 is 0. The zero-order valence-corrected chi connectivity index (χ0v) is 18.3. The van der Waals surface area contributed by atoms with Crippen LogP contribution in [-0.4, -0.2) is 37.7 Å². The van der Waals surface area contributed by atoms with Crippen molar-refractivity contribution in [3.8, 4) is 0 Å². The van der Waals surface area contributed by atoms with Crippen LogP contribution >= 0.6 is 0 Å². The molecule has 6 nitrogen and oxygen atoms in total. The number of esters is 2. The summed E-state index contributed by atoms with van der Waals surface area (Å²) in [4.78, 5) is 49.4. The Morgan fingerprint density at radius 1 is 0.828 bits per heavy atom. The molecule has 6 heteroatoms. The molecule has 29 heavy (non-hydrogen) atoms. The molecule has 0 aromatic rings. The van der Waals surface area contributed by atoms with E-state index >= 15 is 0 Å². The first-order valence-electron chi connectivity index (χ1n) is 10.1. The van der Waals surface area contributed by atoms with Crippen molar-refractivity contribution >= 4 is 23.5 Å². The minimum Gasteiger partial charge on any atom is -0.465 e. The number of hydrogen-bond acceptors (Lipinski definition) is 6. The lowest BCUT2D eigenvalue weighted by Crippen LogP contribution is -2.34. The van der Waals surface area contributed by atoms with Gasteiger partial charge in [0.15, 0.2) is 11.6 Å². The summed E-state index contributed by atoms with van der Waals surface area (Å²) in [6.07, 6.45) is 6.59. The maximum Gasteiger partial charge on any atom is 0.341 e. The van der Waals surface area contributed by atoms with Crippen molar-refractivity contribution in [3.05, 3.63) is 23.3 Å². The van der Waals surface area contributed by atoms with Crippen LogP contribution in [0.2, 0.25) is 0 Å². The normalized spacial score (nSPS) is 25.7. The van der Waals surface area contributed by atoms with E-state index in [1.165, 1.54) is 14.2 Å². The van der Waals surface area contributed by atoms with Gasteiger partial charge in [-0.1, -0.05) is 46.3 Å². The highest BCUT2D eigenvalue weighted by Gasteiger charge is 2.39. The van der Waals surface area contributed by atoms with Crippen molar-refractivity contribution in [1.29, 1.82) is 0 Å². The fourth-order valence-corrected chi connectivity index (χ4v) is 4.55. The molecule has 0 fully saturated rings. The van der Waals surface area contributed by atoms with Gasteiger partial charge < -0.3 is 9.47 Å². The minimum absolute atomic E-state index is 0.125. The van der Waals surface area contributed by atoms with Crippen molar-refractivity contribution in [3.63, 3.8) is 0 Å². The second kappa shape index (κ2) is 8.64. The van der Waals surface area contributed by atoms with Gasteiger partial charge in [-0.15, -0.1) is 0 Å². The molecular weight excluding hydrogens is 372 g/mol. The number of methoxy groups -OCH3 is 2. The largest absolute Gasteiger partial charge is 0.465 e. The molecule has 0 N–H and O–H groups in total. The van der Waals surface area contributed by atoms with E-state index in [-0.39, 0.29) is 45.4 Å². The van der Waals surface area contributed by atoms with Crippen molar-refractivity contribution in [2.45, 2.75) is 59.8 Å². The van der Waals surface area contributed by atoms with Gasteiger partial charge in [0.2, 0.25) is 0 Å². The molecule has 0 amide bonds. The van der Waals surface area contributed by atoms with Gasteiger partial charge in [0.1, 0.15) is 0 Å². The molecule has 2 aliphatic rings. The Bertz CT molecular complexity index is 704. The summed E-state index contributed by atoms with van der Waals surface area (Å²) in [6, 6.07) is 0. The Balaban J connectivity index is 2.06. The molecule has 2 rings (SSSR count). The average Bonchev–Trinajstić information content (AvgIpc) is 2.64. The molecule has 0 heterocycles. The predicted molar refractivity (Wildman–Crippen MR) is 108 cm³/mol. The molecule has 0 aromatic carbocycles. The van der Waals surface area contributed by atoms with Gasteiger partial charge in [0, 0.05) is 11.8 Å². The first kappa shape index (κ1) is 23.0. The molecule has 0 bridgehead atoms. The molecule has 160 valence electrons. The molecule has 0 saturated heterocycles. The summed E-state index contributed by atoms with van der Waals surface area (Å²) < 4.78 is 9.52. The van der Waals surface area contributed by atoms with Crippen LogP contribution in [0.1, 0.15) is 59.8 Å². The SMILES string of the molecule is COC(=O)C1=CC(C)(C)CC(CCCC2CC(C)(C)C=C(C(=O)OC)C2=O)C1=O. The highest BCUT2D eigenvalue weighted by atomic mass is 16.5. The Kier molecular flexibility index (Phi) is 6.86. The smallest absolute Gasteiger partial charge is 0.341 e. The zero-order valence-electron chi connectivity index (χ0n) is 18.3. The second-order valence-corrected chi connectivity index (χ2v) is 9.54. The van der Waals surface area contributed by atoms with Crippen LogP contribution in [0, 0.1) is 22.7 Å². The Morgan fingerprint density at radius 3 is 1.48 bits per heavy atom. The minimum atomic E-state index is -0.593. The van der Waals surface area contributed by atoms with E-state index in [1.54, 1.807) is 12.2 Å². The van der Waals surface area contributed by atoms with Gasteiger partial charge in [-0.25, -0.2) is 9.59 Å². The molecule has 0 aromatic heterocycles. The number of carbonyl (C=O) groups excluding carboxylic acids is 4. The molecule has 0 saturated carbocycles. The quantitative estimate of drug-likeness (QED) is 0.497. The van der Waals surface area contributed by atoms with Crippen molar-refractivity contribution in [1.82, 2.24) is 0 Å². The lowest BCUT2D eigenvalue weighted by Gasteiger charge is -2.33. The maximum absolute atomic E-state index is 12.7. The van der Waals surface area contributed by atoms with Gasteiger partial charge in [0.05, 0.1) is 25.4 Å². The fraction of sp³-hybridized carbons (Fsp3) is 0.652. The second-order valence-electron chi connectivity index (χ2n) is 9.54. The first-order valence-corrected chi connectivity index (χ1v) is 10.1. The van der Waals surface area contributed by atoms with Gasteiger partial charge >= 0.3 is 11.9 Å². The monoisotopic (exact) mass is 404 g/mol. The number of ether oxygens (including phenoxy) is 2. The maximum atomic E-state index is 12.7. The van der Waals surface area contributed by atoms with E-state index < -0.39 is 11.9 Å². The molecule has 2 aliphatic carbocycles. The van der Waals surface area contributed by atoms with Gasteiger partial charge in [-0.2, -0.15) is 0 Å². The van der Waals surface area contributed by atoms with E-state index in [1.807, 2.05) is 27.7 Å². The number of carbonyl (C=O) groups is 4. The summed E-state index contributed by atoms with van der Waals surface area (Å²) in [5.74, 6) is -2.09. The van der Waals surface area contributed by atoms with E-state index in [4.69, 9.17) is 9.47 Å². The number of Topliss-reactive ketones (excluding diaryl/α,β-unsaturated/α-hetero) is 2.